The van der Waals surface area contributed by atoms with Crippen molar-refractivity contribution in [2.75, 3.05) is 26.3 Å². The maximum atomic E-state index is 13.8. The van der Waals surface area contributed by atoms with Crippen LogP contribution in [-0.4, -0.2) is 42.4 Å². The fraction of sp³-hybridized carbons (Fsp3) is 0.917. The highest BCUT2D eigenvalue weighted by Crippen LogP contribution is 2.40. The van der Waals surface area contributed by atoms with Crippen LogP contribution in [0.25, 0.3) is 0 Å². The highest BCUT2D eigenvalue weighted by Gasteiger charge is 2.44. The van der Waals surface area contributed by atoms with Gasteiger partial charge in [-0.25, -0.2) is 4.39 Å². The third-order valence-corrected chi connectivity index (χ3v) is 3.94. The summed E-state index contributed by atoms with van der Waals surface area (Å²) in [5.74, 6) is 0. The van der Waals surface area contributed by atoms with Gasteiger partial charge < -0.3 is 4.74 Å². The van der Waals surface area contributed by atoms with Crippen molar-refractivity contribution in [3.63, 3.8) is 0 Å². The summed E-state index contributed by atoms with van der Waals surface area (Å²) in [5.41, 5.74) is -1.51. The van der Waals surface area contributed by atoms with Crippen molar-refractivity contribution < 1.29 is 9.13 Å². The number of morpholine rings is 1. The molecule has 0 unspecified atom stereocenters. The van der Waals surface area contributed by atoms with E-state index in [1.807, 2.05) is 0 Å². The van der Waals surface area contributed by atoms with Crippen LogP contribution in [0, 0.1) is 11.3 Å². The Kier molecular flexibility index (Phi) is 3.18. The van der Waals surface area contributed by atoms with Gasteiger partial charge in [0.25, 0.3) is 0 Å². The number of halogens is 1. The van der Waals surface area contributed by atoms with Crippen molar-refractivity contribution in [2.24, 2.45) is 0 Å². The molecule has 2 aliphatic rings. The van der Waals surface area contributed by atoms with E-state index >= 15 is 0 Å². The summed E-state index contributed by atoms with van der Waals surface area (Å²) in [4.78, 5) is 2.19. The maximum Gasteiger partial charge on any atom is 0.109 e. The van der Waals surface area contributed by atoms with Crippen LogP contribution < -0.4 is 0 Å². The Morgan fingerprint density at radius 2 is 1.75 bits per heavy atom. The van der Waals surface area contributed by atoms with Gasteiger partial charge in [-0.3, -0.25) is 4.90 Å². The van der Waals surface area contributed by atoms with Gasteiger partial charge in [0.1, 0.15) is 11.2 Å². The van der Waals surface area contributed by atoms with Crippen LogP contribution in [0.3, 0.4) is 0 Å². The molecule has 1 saturated heterocycles. The molecule has 2 rings (SSSR count). The number of hydrogen-bond donors (Lipinski definition) is 0. The summed E-state index contributed by atoms with van der Waals surface area (Å²) in [5, 5.41) is 9.41. The average Bonchev–Trinajstić information content (AvgIpc) is 2.31. The lowest BCUT2D eigenvalue weighted by atomic mass is 9.75. The second kappa shape index (κ2) is 4.31. The molecule has 3 nitrogen and oxygen atoms in total. The SMILES string of the molecule is CC1(F)CCC(C#N)(N2CCOCC2)CC1. The van der Waals surface area contributed by atoms with E-state index < -0.39 is 11.2 Å². The molecular weight excluding hydrogens is 207 g/mol. The van der Waals surface area contributed by atoms with Crippen molar-refractivity contribution in [3.05, 3.63) is 0 Å². The Labute approximate surface area is 96.2 Å². The molecule has 1 saturated carbocycles. The van der Waals surface area contributed by atoms with Gasteiger partial charge in [-0.2, -0.15) is 5.26 Å². The van der Waals surface area contributed by atoms with Crippen molar-refractivity contribution in [1.82, 2.24) is 4.90 Å². The second-order valence-corrected chi connectivity index (χ2v) is 5.16. The molecule has 16 heavy (non-hydrogen) atoms. The van der Waals surface area contributed by atoms with Crippen molar-refractivity contribution in [3.8, 4) is 6.07 Å². The highest BCUT2D eigenvalue weighted by atomic mass is 19.1. The van der Waals surface area contributed by atoms with Crippen LogP contribution in [0.1, 0.15) is 32.6 Å². The van der Waals surface area contributed by atoms with Gasteiger partial charge in [0.15, 0.2) is 0 Å². The minimum absolute atomic E-state index is 0.435. The summed E-state index contributed by atoms with van der Waals surface area (Å²) in [6.07, 6.45) is 2.29. The summed E-state index contributed by atoms with van der Waals surface area (Å²) >= 11 is 0. The van der Waals surface area contributed by atoms with E-state index in [9.17, 15) is 9.65 Å². The smallest absolute Gasteiger partial charge is 0.109 e. The zero-order valence-corrected chi connectivity index (χ0v) is 9.84. The molecule has 0 amide bonds. The number of ether oxygens (including phenoxy) is 1. The van der Waals surface area contributed by atoms with Crippen LogP contribution in [0.4, 0.5) is 4.39 Å². The molecule has 90 valence electrons. The first-order chi connectivity index (χ1) is 7.58. The molecule has 0 spiro atoms. The molecule has 0 N–H and O–H groups in total. The average molecular weight is 226 g/mol. The Hall–Kier alpha value is -0.660. The number of hydrogen-bond acceptors (Lipinski definition) is 3. The first kappa shape index (κ1) is 11.8. The molecule has 0 atom stereocenters. The molecule has 1 aliphatic heterocycles. The Bertz CT molecular complexity index is 282. The zero-order chi connectivity index (χ0) is 11.6. The molecule has 2 fully saturated rings. The van der Waals surface area contributed by atoms with E-state index in [1.54, 1.807) is 6.92 Å². The quantitative estimate of drug-likeness (QED) is 0.685. The van der Waals surface area contributed by atoms with E-state index in [4.69, 9.17) is 4.74 Å². The normalized spacial score (nSPS) is 41.6. The van der Waals surface area contributed by atoms with Gasteiger partial charge in [0.2, 0.25) is 0 Å². The Morgan fingerprint density at radius 1 is 1.19 bits per heavy atom. The summed E-state index contributed by atoms with van der Waals surface area (Å²) in [7, 11) is 0. The van der Waals surface area contributed by atoms with Gasteiger partial charge in [-0.1, -0.05) is 0 Å². The third kappa shape index (κ3) is 2.21. The molecule has 4 heteroatoms. The van der Waals surface area contributed by atoms with E-state index in [1.165, 1.54) is 0 Å². The molecule has 0 radical (unpaired) electrons. The molecule has 1 heterocycles. The number of nitriles is 1. The van der Waals surface area contributed by atoms with Crippen molar-refractivity contribution >= 4 is 0 Å². The Morgan fingerprint density at radius 3 is 2.25 bits per heavy atom. The molecule has 0 aromatic rings. The fourth-order valence-corrected chi connectivity index (χ4v) is 2.67. The maximum absolute atomic E-state index is 13.8. The first-order valence-corrected chi connectivity index (χ1v) is 6.01. The highest BCUT2D eigenvalue weighted by molar-refractivity contribution is 5.12. The zero-order valence-electron chi connectivity index (χ0n) is 9.84. The summed E-state index contributed by atoms with van der Waals surface area (Å²) < 4.78 is 19.1. The summed E-state index contributed by atoms with van der Waals surface area (Å²) in [6, 6.07) is 2.43. The van der Waals surface area contributed by atoms with Crippen LogP contribution in [0.5, 0.6) is 0 Å². The fourth-order valence-electron chi connectivity index (χ4n) is 2.67. The summed E-state index contributed by atoms with van der Waals surface area (Å²) in [6.45, 7) is 4.63. The van der Waals surface area contributed by atoms with Crippen LogP contribution in [0.2, 0.25) is 0 Å². The minimum Gasteiger partial charge on any atom is -0.379 e. The van der Waals surface area contributed by atoms with Gasteiger partial charge in [0, 0.05) is 13.1 Å². The Balaban J connectivity index is 2.06. The van der Waals surface area contributed by atoms with E-state index in [2.05, 4.69) is 11.0 Å². The molecule has 0 bridgehead atoms. The van der Waals surface area contributed by atoms with Gasteiger partial charge >= 0.3 is 0 Å². The van der Waals surface area contributed by atoms with Crippen molar-refractivity contribution in [2.45, 2.75) is 43.8 Å². The predicted octanol–water partition coefficient (Wildman–Crippen LogP) is 1.88. The van der Waals surface area contributed by atoms with Gasteiger partial charge in [-0.05, 0) is 32.6 Å². The largest absolute Gasteiger partial charge is 0.379 e. The third-order valence-electron chi connectivity index (χ3n) is 3.94. The standard InChI is InChI=1S/C12H19FN2O/c1-11(13)2-4-12(10-14,5-3-11)15-6-8-16-9-7-15/h2-9H2,1H3. The lowest BCUT2D eigenvalue weighted by Crippen LogP contribution is -2.55. The minimum atomic E-state index is -1.08. The van der Waals surface area contributed by atoms with Crippen LogP contribution >= 0.6 is 0 Å². The molecule has 0 aromatic carbocycles. The molecule has 0 aromatic heterocycles. The second-order valence-electron chi connectivity index (χ2n) is 5.16. The lowest BCUT2D eigenvalue weighted by Gasteiger charge is -2.45. The predicted molar refractivity (Wildman–Crippen MR) is 58.7 cm³/mol. The van der Waals surface area contributed by atoms with Crippen LogP contribution in [-0.2, 0) is 4.74 Å². The molecular formula is C12H19FN2O. The van der Waals surface area contributed by atoms with Crippen LogP contribution in [0.15, 0.2) is 0 Å². The van der Waals surface area contributed by atoms with E-state index in [0.717, 1.165) is 13.1 Å². The number of alkyl halides is 1. The topological polar surface area (TPSA) is 36.3 Å². The van der Waals surface area contributed by atoms with E-state index in [-0.39, 0.29) is 0 Å². The lowest BCUT2D eigenvalue weighted by molar-refractivity contribution is -0.0332. The molecule has 1 aliphatic carbocycles. The van der Waals surface area contributed by atoms with Crippen molar-refractivity contribution in [1.29, 1.82) is 5.26 Å². The number of rotatable bonds is 1. The number of nitrogens with zero attached hydrogens (tertiary/aromatic N) is 2. The first-order valence-electron chi connectivity index (χ1n) is 6.01. The van der Waals surface area contributed by atoms with Gasteiger partial charge in [0.05, 0.1) is 19.3 Å². The van der Waals surface area contributed by atoms with Gasteiger partial charge in [-0.15, -0.1) is 0 Å². The van der Waals surface area contributed by atoms with E-state index in [0.29, 0.717) is 38.9 Å². The monoisotopic (exact) mass is 226 g/mol.